The Bertz CT molecular complexity index is 1570. The Kier molecular flexibility index (Phi) is 6.51. The molecule has 4 rings (SSSR count). The number of amides is 1. The number of phenols is 1. The van der Waals surface area contributed by atoms with E-state index in [2.05, 4.69) is 5.32 Å². The maximum atomic E-state index is 12.6. The van der Waals surface area contributed by atoms with Crippen LogP contribution in [0, 0.1) is 0 Å². The van der Waals surface area contributed by atoms with Crippen molar-refractivity contribution >= 4 is 34.6 Å². The van der Waals surface area contributed by atoms with Crippen LogP contribution in [0.25, 0.3) is 33.4 Å². The normalized spacial score (nSPS) is 10.9. The van der Waals surface area contributed by atoms with Crippen molar-refractivity contribution in [3.63, 3.8) is 0 Å². The van der Waals surface area contributed by atoms with Gasteiger partial charge < -0.3 is 25.1 Å². The molecule has 2 aliphatic rings. The number of phenolic OH excluding ortho intramolecular Hbond substituents is 1. The maximum Gasteiger partial charge on any atom is 0.372 e. The third kappa shape index (κ3) is 4.78. The van der Waals surface area contributed by atoms with E-state index < -0.39 is 23.6 Å². The molecular weight excluding hydrogens is 470 g/mol. The summed E-state index contributed by atoms with van der Waals surface area (Å²) in [5.74, 6) is -4.28. The zero-order valence-electron chi connectivity index (χ0n) is 18.6. The SMILES string of the molecule is O=C(O)C(=O)CCCNC(=O)c1ccc(-c2c3ccc(=O)cc-3oc3cc(O)ccc23)c(C(=O)O)c1. The van der Waals surface area contributed by atoms with E-state index in [4.69, 9.17) is 9.52 Å². The summed E-state index contributed by atoms with van der Waals surface area (Å²) in [5.41, 5.74) is 0.968. The number of carboxylic acid groups (broad SMARTS) is 2. The number of rotatable bonds is 8. The van der Waals surface area contributed by atoms with Gasteiger partial charge in [-0.25, -0.2) is 9.59 Å². The molecule has 36 heavy (non-hydrogen) atoms. The molecule has 182 valence electrons. The fraction of sp³-hybridized carbons (Fsp3) is 0.115. The first-order chi connectivity index (χ1) is 17.2. The van der Waals surface area contributed by atoms with Crippen LogP contribution in [0.5, 0.6) is 5.75 Å². The number of nitrogens with one attached hydrogen (secondary N) is 1. The van der Waals surface area contributed by atoms with Gasteiger partial charge in [0, 0.05) is 47.2 Å². The molecule has 4 N–H and O–H groups in total. The summed E-state index contributed by atoms with van der Waals surface area (Å²) in [4.78, 5) is 58.4. The monoisotopic (exact) mass is 489 g/mol. The lowest BCUT2D eigenvalue weighted by Gasteiger charge is -2.17. The number of aromatic carboxylic acids is 1. The Morgan fingerprint density at radius 1 is 0.889 bits per heavy atom. The first-order valence-electron chi connectivity index (χ1n) is 10.8. The molecule has 0 radical (unpaired) electrons. The minimum atomic E-state index is -1.54. The summed E-state index contributed by atoms with van der Waals surface area (Å²) in [7, 11) is 0. The third-order valence-corrected chi connectivity index (χ3v) is 5.56. The Labute approximate surface area is 202 Å². The van der Waals surface area contributed by atoms with Crippen molar-refractivity contribution in [1.29, 1.82) is 0 Å². The van der Waals surface area contributed by atoms with Gasteiger partial charge in [0.2, 0.25) is 5.78 Å². The topological polar surface area (TPSA) is 171 Å². The van der Waals surface area contributed by atoms with E-state index in [0.717, 1.165) is 0 Å². The van der Waals surface area contributed by atoms with Gasteiger partial charge >= 0.3 is 11.9 Å². The fourth-order valence-electron chi connectivity index (χ4n) is 3.89. The Balaban J connectivity index is 1.76. The zero-order valence-corrected chi connectivity index (χ0v) is 18.6. The number of fused-ring (bicyclic) bond motifs is 2. The Morgan fingerprint density at radius 3 is 2.36 bits per heavy atom. The number of aliphatic carboxylic acids is 1. The van der Waals surface area contributed by atoms with Crippen LogP contribution >= 0.6 is 0 Å². The minimum Gasteiger partial charge on any atom is -0.508 e. The van der Waals surface area contributed by atoms with Crippen LogP contribution in [0.3, 0.4) is 0 Å². The van der Waals surface area contributed by atoms with Gasteiger partial charge in [-0.15, -0.1) is 0 Å². The van der Waals surface area contributed by atoms with E-state index in [9.17, 15) is 34.2 Å². The minimum absolute atomic E-state index is 0.0263. The number of carbonyl (C=O) groups excluding carboxylic acids is 2. The number of carboxylic acids is 2. The largest absolute Gasteiger partial charge is 0.508 e. The molecule has 0 fully saturated rings. The number of Topliss-reactive ketones (excluding diaryl/α,β-unsaturated/α-hetero) is 1. The lowest BCUT2D eigenvalue weighted by Crippen LogP contribution is -2.25. The first-order valence-corrected chi connectivity index (χ1v) is 10.8. The predicted octanol–water partition coefficient (Wildman–Crippen LogP) is 3.13. The van der Waals surface area contributed by atoms with Gasteiger partial charge in [-0.2, -0.15) is 0 Å². The Hall–Kier alpha value is -4.99. The van der Waals surface area contributed by atoms with Gasteiger partial charge in [0.05, 0.1) is 5.56 Å². The average Bonchev–Trinajstić information content (AvgIpc) is 2.84. The van der Waals surface area contributed by atoms with Crippen molar-refractivity contribution in [2.75, 3.05) is 6.54 Å². The smallest absolute Gasteiger partial charge is 0.372 e. The second-order valence-corrected chi connectivity index (χ2v) is 7.97. The number of aromatic hydroxyl groups is 1. The van der Waals surface area contributed by atoms with Gasteiger partial charge in [-0.05, 0) is 48.4 Å². The summed E-state index contributed by atoms with van der Waals surface area (Å²) in [6.07, 6.45) is -0.129. The molecule has 0 spiro atoms. The van der Waals surface area contributed by atoms with Crippen molar-refractivity contribution in [2.45, 2.75) is 12.8 Å². The first kappa shape index (κ1) is 24.1. The van der Waals surface area contributed by atoms with Crippen LogP contribution < -0.4 is 10.7 Å². The molecule has 0 atom stereocenters. The van der Waals surface area contributed by atoms with Gasteiger partial charge in [0.1, 0.15) is 17.1 Å². The molecule has 1 aliphatic carbocycles. The summed E-state index contributed by atoms with van der Waals surface area (Å²) in [6.45, 7) is 0.0263. The molecule has 0 aromatic heterocycles. The summed E-state index contributed by atoms with van der Waals surface area (Å²) < 4.78 is 5.79. The highest BCUT2D eigenvalue weighted by molar-refractivity contribution is 6.32. The zero-order chi connectivity index (χ0) is 26.0. The van der Waals surface area contributed by atoms with E-state index in [-0.39, 0.29) is 58.6 Å². The van der Waals surface area contributed by atoms with Crippen LogP contribution in [0.1, 0.15) is 33.6 Å². The predicted molar refractivity (Wildman–Crippen MR) is 127 cm³/mol. The summed E-state index contributed by atoms with van der Waals surface area (Å²) in [5, 5.41) is 31.5. The van der Waals surface area contributed by atoms with E-state index >= 15 is 0 Å². The van der Waals surface area contributed by atoms with Crippen LogP contribution in [-0.2, 0) is 9.59 Å². The molecule has 1 aliphatic heterocycles. The van der Waals surface area contributed by atoms with Crippen molar-refractivity contribution in [3.05, 3.63) is 75.9 Å². The van der Waals surface area contributed by atoms with Crippen molar-refractivity contribution < 1.29 is 38.9 Å². The van der Waals surface area contributed by atoms with Crippen LogP contribution in [0.15, 0.2) is 63.8 Å². The van der Waals surface area contributed by atoms with E-state index in [0.29, 0.717) is 16.5 Å². The molecule has 0 bridgehead atoms. The number of benzene rings is 3. The van der Waals surface area contributed by atoms with E-state index in [1.165, 1.54) is 48.5 Å². The lowest BCUT2D eigenvalue weighted by molar-refractivity contribution is -0.149. The highest BCUT2D eigenvalue weighted by Gasteiger charge is 2.23. The van der Waals surface area contributed by atoms with Crippen molar-refractivity contribution in [3.8, 4) is 28.2 Å². The molecule has 2 aromatic carbocycles. The Morgan fingerprint density at radius 2 is 1.64 bits per heavy atom. The standard InChI is InChI=1S/C26H19NO9/c28-14-4-7-17-21(11-14)36-22-12-15(29)5-8-18(22)23(17)16-6-3-13(10-19(16)25(32)33)24(31)27-9-1-2-20(30)26(34)35/h3-8,10-12,28H,1-2,9H2,(H,27,31)(H,32,33)(H,34,35). The second kappa shape index (κ2) is 9.71. The van der Waals surface area contributed by atoms with Crippen LogP contribution in [0.2, 0.25) is 0 Å². The number of ketones is 1. The summed E-state index contributed by atoms with van der Waals surface area (Å²) in [6, 6.07) is 12.6. The molecule has 0 saturated heterocycles. The van der Waals surface area contributed by atoms with E-state index in [1.807, 2.05) is 0 Å². The molecule has 1 heterocycles. The number of hydrogen-bond donors (Lipinski definition) is 4. The molecule has 1 amide bonds. The third-order valence-electron chi connectivity index (χ3n) is 5.56. The highest BCUT2D eigenvalue weighted by Crippen LogP contribution is 2.42. The van der Waals surface area contributed by atoms with Gasteiger partial charge in [0.15, 0.2) is 5.43 Å². The molecule has 10 nitrogen and oxygen atoms in total. The molecule has 0 saturated carbocycles. The number of hydrogen-bond acceptors (Lipinski definition) is 7. The number of carbonyl (C=O) groups is 4. The summed E-state index contributed by atoms with van der Waals surface area (Å²) >= 11 is 0. The molecular formula is C26H19NO9. The second-order valence-electron chi connectivity index (χ2n) is 7.97. The van der Waals surface area contributed by atoms with Crippen molar-refractivity contribution in [1.82, 2.24) is 5.32 Å². The fourth-order valence-corrected chi connectivity index (χ4v) is 3.89. The molecule has 10 heteroatoms. The quantitative estimate of drug-likeness (QED) is 0.165. The van der Waals surface area contributed by atoms with E-state index in [1.54, 1.807) is 6.07 Å². The van der Waals surface area contributed by atoms with Crippen molar-refractivity contribution in [2.24, 2.45) is 0 Å². The molecule has 2 aromatic rings. The van der Waals surface area contributed by atoms with Crippen LogP contribution in [-0.4, -0.2) is 45.5 Å². The average molecular weight is 489 g/mol. The van der Waals surface area contributed by atoms with Gasteiger partial charge in [-0.3, -0.25) is 14.4 Å². The van der Waals surface area contributed by atoms with Crippen LogP contribution in [0.4, 0.5) is 0 Å². The van der Waals surface area contributed by atoms with Gasteiger partial charge in [-0.1, -0.05) is 6.07 Å². The lowest BCUT2D eigenvalue weighted by atomic mass is 9.90. The highest BCUT2D eigenvalue weighted by atomic mass is 16.4. The van der Waals surface area contributed by atoms with Gasteiger partial charge in [0.25, 0.3) is 5.91 Å². The maximum absolute atomic E-state index is 12.6. The molecule has 0 unspecified atom stereocenters.